The number of rotatable bonds is 37. The van der Waals surface area contributed by atoms with Crippen LogP contribution in [0, 0.1) is 0 Å². The molecule has 0 spiro atoms. The highest BCUT2D eigenvalue weighted by molar-refractivity contribution is 7.45. The fraction of sp³-hybridized carbons (Fsp3) is 0.878. The third-order valence-corrected chi connectivity index (χ3v) is 10.1. The molecule has 50 heavy (non-hydrogen) atoms. The molecular weight excluding hydrogens is 647 g/mol. The van der Waals surface area contributed by atoms with Crippen molar-refractivity contribution in [2.45, 2.75) is 193 Å². The van der Waals surface area contributed by atoms with Crippen LogP contribution in [0.3, 0.4) is 0 Å². The number of amides is 1. The normalized spacial score (nSPS) is 14.8. The maximum absolute atomic E-state index is 12.8. The van der Waals surface area contributed by atoms with E-state index in [-0.39, 0.29) is 19.1 Å². The molecular formula is C41H81N2O6P. The number of likely N-dealkylation sites (N-methyl/N-ethyl adjacent to an activating group) is 1. The maximum atomic E-state index is 12.8. The molecule has 0 rings (SSSR count). The van der Waals surface area contributed by atoms with E-state index in [0.29, 0.717) is 17.4 Å². The van der Waals surface area contributed by atoms with E-state index in [1.54, 1.807) is 6.08 Å². The second kappa shape index (κ2) is 33.8. The number of aliphatic hydroxyl groups excluding tert-OH is 1. The smallest absolute Gasteiger partial charge is 0.268 e. The van der Waals surface area contributed by atoms with Gasteiger partial charge in [-0.05, 0) is 32.1 Å². The van der Waals surface area contributed by atoms with E-state index in [4.69, 9.17) is 9.05 Å². The average molecular weight is 729 g/mol. The lowest BCUT2D eigenvalue weighted by molar-refractivity contribution is -0.870. The van der Waals surface area contributed by atoms with Crippen LogP contribution in [-0.2, 0) is 18.4 Å². The summed E-state index contributed by atoms with van der Waals surface area (Å²) in [5.74, 6) is -0.208. The minimum atomic E-state index is -4.59. The van der Waals surface area contributed by atoms with Gasteiger partial charge >= 0.3 is 0 Å². The van der Waals surface area contributed by atoms with E-state index < -0.39 is 20.0 Å². The molecule has 2 N–H and O–H groups in total. The Morgan fingerprint density at radius 1 is 0.680 bits per heavy atom. The number of phosphoric acid groups is 1. The fourth-order valence-corrected chi connectivity index (χ4v) is 6.54. The Kier molecular flexibility index (Phi) is 33.1. The van der Waals surface area contributed by atoms with Crippen molar-refractivity contribution < 1.29 is 32.9 Å². The van der Waals surface area contributed by atoms with Crippen molar-refractivity contribution in [2.24, 2.45) is 0 Å². The fourth-order valence-electron chi connectivity index (χ4n) is 5.81. The number of carbonyl (C=O) groups excluding carboxylic acids is 1. The van der Waals surface area contributed by atoms with Gasteiger partial charge in [0.1, 0.15) is 13.2 Å². The summed E-state index contributed by atoms with van der Waals surface area (Å²) in [4.78, 5) is 25.2. The number of aliphatic hydroxyl groups is 1. The minimum absolute atomic E-state index is 0.00451. The van der Waals surface area contributed by atoms with Gasteiger partial charge in [-0.3, -0.25) is 9.36 Å². The number of phosphoric ester groups is 1. The summed E-state index contributed by atoms with van der Waals surface area (Å²) >= 11 is 0. The second-order valence-corrected chi connectivity index (χ2v) is 16.8. The second-order valence-electron chi connectivity index (χ2n) is 15.3. The molecule has 0 bridgehead atoms. The topological polar surface area (TPSA) is 108 Å². The summed E-state index contributed by atoms with van der Waals surface area (Å²) in [5.41, 5.74) is 0. The summed E-state index contributed by atoms with van der Waals surface area (Å²) < 4.78 is 23.1. The van der Waals surface area contributed by atoms with E-state index >= 15 is 0 Å². The standard InChI is InChI=1S/C41H81N2O6P/c1-6-8-10-12-14-16-18-20-22-24-26-28-30-32-34-40(44)39(38-49-50(46,47)48-37-36-43(3,4)5)42-41(45)35-33-31-29-27-25-23-21-19-17-15-13-11-9-7-2/h24,26,32,34,39-40,44H,6-23,25,27-31,33,35-38H2,1-5H3,(H-,42,45,46,47)/b26-24+,34-32+. The highest BCUT2D eigenvalue weighted by Gasteiger charge is 2.23. The van der Waals surface area contributed by atoms with Gasteiger partial charge in [-0.15, -0.1) is 0 Å². The highest BCUT2D eigenvalue weighted by atomic mass is 31.2. The van der Waals surface area contributed by atoms with Crippen LogP contribution in [0.1, 0.15) is 181 Å². The van der Waals surface area contributed by atoms with Crippen molar-refractivity contribution in [2.75, 3.05) is 40.9 Å². The molecule has 0 aliphatic carbocycles. The quantitative estimate of drug-likeness (QED) is 0.0285. The summed E-state index contributed by atoms with van der Waals surface area (Å²) in [6, 6.07) is -0.896. The van der Waals surface area contributed by atoms with Crippen LogP contribution >= 0.6 is 7.82 Å². The number of nitrogens with zero attached hydrogens (tertiary/aromatic N) is 1. The van der Waals surface area contributed by atoms with E-state index in [2.05, 4.69) is 31.3 Å². The van der Waals surface area contributed by atoms with Gasteiger partial charge < -0.3 is 28.8 Å². The zero-order chi connectivity index (χ0) is 37.2. The molecule has 0 fully saturated rings. The first-order valence-corrected chi connectivity index (χ1v) is 22.2. The van der Waals surface area contributed by atoms with Gasteiger partial charge in [0.2, 0.25) is 5.91 Å². The molecule has 3 unspecified atom stereocenters. The minimum Gasteiger partial charge on any atom is -0.756 e. The van der Waals surface area contributed by atoms with Crippen LogP contribution in [0.5, 0.6) is 0 Å². The van der Waals surface area contributed by atoms with E-state index in [1.807, 2.05) is 27.2 Å². The molecule has 296 valence electrons. The van der Waals surface area contributed by atoms with Gasteiger partial charge in [-0.25, -0.2) is 0 Å². The van der Waals surface area contributed by atoms with Crippen LogP contribution in [0.15, 0.2) is 24.3 Å². The largest absolute Gasteiger partial charge is 0.756 e. The Morgan fingerprint density at radius 2 is 1.12 bits per heavy atom. The summed E-state index contributed by atoms with van der Waals surface area (Å²) in [7, 11) is 1.25. The molecule has 0 saturated carbocycles. The van der Waals surface area contributed by atoms with Crippen LogP contribution < -0.4 is 10.2 Å². The Balaban J connectivity index is 4.52. The molecule has 0 heterocycles. The predicted octanol–water partition coefficient (Wildman–Crippen LogP) is 10.3. The summed E-state index contributed by atoms with van der Waals surface area (Å²) in [5, 5.41) is 13.7. The SMILES string of the molecule is CCCCCCCCCC/C=C/CC/C=C/C(O)C(COP(=O)([O-])OCC[N+](C)(C)C)NC(=O)CCCCCCCCCCCCCCCC. The van der Waals surface area contributed by atoms with Crippen molar-refractivity contribution in [3.8, 4) is 0 Å². The van der Waals surface area contributed by atoms with Crippen molar-refractivity contribution >= 4 is 13.7 Å². The van der Waals surface area contributed by atoms with Crippen LogP contribution in [0.25, 0.3) is 0 Å². The molecule has 0 aromatic carbocycles. The van der Waals surface area contributed by atoms with Crippen LogP contribution in [0.4, 0.5) is 0 Å². The number of quaternary nitrogens is 1. The van der Waals surface area contributed by atoms with Crippen LogP contribution in [0.2, 0.25) is 0 Å². The summed E-state index contributed by atoms with van der Waals surface area (Å²) in [6.07, 6.45) is 37.9. The van der Waals surface area contributed by atoms with Gasteiger partial charge in [-0.2, -0.15) is 0 Å². The number of nitrogens with one attached hydrogen (secondary N) is 1. The van der Waals surface area contributed by atoms with Crippen molar-refractivity contribution in [3.63, 3.8) is 0 Å². The Labute approximate surface area is 309 Å². The first kappa shape index (κ1) is 49.0. The molecule has 0 saturated heterocycles. The van der Waals surface area contributed by atoms with Crippen molar-refractivity contribution in [1.82, 2.24) is 5.32 Å². The van der Waals surface area contributed by atoms with Crippen molar-refractivity contribution in [3.05, 3.63) is 24.3 Å². The lowest BCUT2D eigenvalue weighted by atomic mass is 10.0. The van der Waals surface area contributed by atoms with Gasteiger partial charge in [0.05, 0.1) is 39.9 Å². The maximum Gasteiger partial charge on any atom is 0.268 e. The number of hydrogen-bond acceptors (Lipinski definition) is 6. The van der Waals surface area contributed by atoms with E-state index in [9.17, 15) is 19.4 Å². The van der Waals surface area contributed by atoms with E-state index in [1.165, 1.54) is 122 Å². The highest BCUT2D eigenvalue weighted by Crippen LogP contribution is 2.38. The monoisotopic (exact) mass is 729 g/mol. The van der Waals surface area contributed by atoms with Crippen LogP contribution in [-0.4, -0.2) is 68.5 Å². The molecule has 8 nitrogen and oxygen atoms in total. The molecule has 0 aliphatic rings. The molecule has 1 amide bonds. The molecule has 0 aromatic heterocycles. The third-order valence-electron chi connectivity index (χ3n) is 9.16. The molecule has 3 atom stereocenters. The van der Waals surface area contributed by atoms with Gasteiger partial charge in [0, 0.05) is 6.42 Å². The Hall–Kier alpha value is -1.02. The molecule has 0 aromatic rings. The number of hydrogen-bond donors (Lipinski definition) is 2. The van der Waals surface area contributed by atoms with Gasteiger partial charge in [-0.1, -0.05) is 167 Å². The van der Waals surface area contributed by atoms with E-state index in [0.717, 1.165) is 38.5 Å². The lowest BCUT2D eigenvalue weighted by Crippen LogP contribution is -2.45. The average Bonchev–Trinajstić information content (AvgIpc) is 3.06. The Bertz CT molecular complexity index is 876. The predicted molar refractivity (Wildman–Crippen MR) is 210 cm³/mol. The van der Waals surface area contributed by atoms with Crippen molar-refractivity contribution in [1.29, 1.82) is 0 Å². The Morgan fingerprint density at radius 3 is 1.62 bits per heavy atom. The molecule has 0 radical (unpaired) electrons. The van der Waals surface area contributed by atoms with Gasteiger partial charge in [0.15, 0.2) is 0 Å². The first-order valence-electron chi connectivity index (χ1n) is 20.7. The lowest BCUT2D eigenvalue weighted by Gasteiger charge is -2.29. The third kappa shape index (κ3) is 35.4. The zero-order valence-electron chi connectivity index (χ0n) is 33.4. The number of carbonyl (C=O) groups is 1. The zero-order valence-corrected chi connectivity index (χ0v) is 34.2. The molecule has 9 heteroatoms. The number of unbranched alkanes of at least 4 members (excludes halogenated alkanes) is 22. The van der Waals surface area contributed by atoms with Gasteiger partial charge in [0.25, 0.3) is 7.82 Å². The summed E-state index contributed by atoms with van der Waals surface area (Å²) in [6.45, 7) is 4.61. The first-order chi connectivity index (χ1) is 24.0. The number of allylic oxidation sites excluding steroid dienone is 3. The molecule has 0 aliphatic heterocycles.